The maximum Gasteiger partial charge on any atom is 0.320 e. The Balaban J connectivity index is 1.86. The van der Waals surface area contributed by atoms with Crippen LogP contribution >= 0.6 is 0 Å². The van der Waals surface area contributed by atoms with Gasteiger partial charge in [0.05, 0.1) is 6.04 Å². The van der Waals surface area contributed by atoms with Crippen LogP contribution in [0.3, 0.4) is 0 Å². The molecule has 0 aromatic carbocycles. The van der Waals surface area contributed by atoms with Gasteiger partial charge in [-0.1, -0.05) is 0 Å². The van der Waals surface area contributed by atoms with Gasteiger partial charge in [-0.15, -0.1) is 0 Å². The van der Waals surface area contributed by atoms with Crippen molar-refractivity contribution in [1.29, 1.82) is 0 Å². The van der Waals surface area contributed by atoms with Crippen LogP contribution in [0.4, 0.5) is 9.59 Å². The zero-order chi connectivity index (χ0) is 14.5. The third kappa shape index (κ3) is 3.53. The van der Waals surface area contributed by atoms with Crippen molar-refractivity contribution in [2.45, 2.75) is 18.9 Å². The van der Waals surface area contributed by atoms with E-state index in [9.17, 15) is 9.59 Å². The molecule has 7 heteroatoms. The van der Waals surface area contributed by atoms with Gasteiger partial charge >= 0.3 is 12.1 Å². The van der Waals surface area contributed by atoms with E-state index in [1.165, 1.54) is 0 Å². The van der Waals surface area contributed by atoms with Gasteiger partial charge in [-0.25, -0.2) is 9.59 Å². The average molecular weight is 283 g/mol. The van der Waals surface area contributed by atoms with Crippen LogP contribution in [0.25, 0.3) is 0 Å². The van der Waals surface area contributed by atoms with E-state index in [0.717, 1.165) is 45.6 Å². The van der Waals surface area contributed by atoms with E-state index in [1.807, 2.05) is 9.80 Å². The Bertz CT molecular complexity index is 355. The number of hydrogen-bond acceptors (Lipinski definition) is 3. The maximum atomic E-state index is 12.5. The quantitative estimate of drug-likeness (QED) is 0.734. The summed E-state index contributed by atoms with van der Waals surface area (Å²) in [4.78, 5) is 29.9. The van der Waals surface area contributed by atoms with Gasteiger partial charge in [-0.05, 0) is 19.9 Å². The first kappa shape index (κ1) is 14.9. The minimum absolute atomic E-state index is 0.124. The highest BCUT2D eigenvalue weighted by Crippen LogP contribution is 2.19. The zero-order valence-electron chi connectivity index (χ0n) is 12.4. The molecule has 0 unspecified atom stereocenters. The lowest BCUT2D eigenvalue weighted by molar-refractivity contribution is 0.118. The molecule has 2 saturated heterocycles. The van der Waals surface area contributed by atoms with Gasteiger partial charge in [-0.3, -0.25) is 0 Å². The normalized spacial score (nSPS) is 23.8. The van der Waals surface area contributed by atoms with Gasteiger partial charge in [-0.2, -0.15) is 0 Å². The number of amides is 4. The lowest BCUT2D eigenvalue weighted by Gasteiger charge is -2.36. The van der Waals surface area contributed by atoms with Crippen LogP contribution in [0.2, 0.25) is 0 Å². The Hall–Kier alpha value is -1.50. The van der Waals surface area contributed by atoms with E-state index in [2.05, 4.69) is 22.6 Å². The number of nitrogens with zero attached hydrogens (tertiary/aromatic N) is 3. The van der Waals surface area contributed by atoms with Crippen LogP contribution in [-0.4, -0.2) is 86.2 Å². The van der Waals surface area contributed by atoms with Crippen molar-refractivity contribution >= 4 is 12.1 Å². The molecule has 2 rings (SSSR count). The van der Waals surface area contributed by atoms with Crippen LogP contribution in [0.5, 0.6) is 0 Å². The molecule has 1 atom stereocenters. The number of hydrogen-bond donors (Lipinski definition) is 2. The summed E-state index contributed by atoms with van der Waals surface area (Å²) in [7, 11) is 3.67. The average Bonchev–Trinajstić information content (AvgIpc) is 2.93. The van der Waals surface area contributed by atoms with Gasteiger partial charge in [0.15, 0.2) is 0 Å². The molecule has 4 amide bonds. The van der Waals surface area contributed by atoms with Crippen LogP contribution in [-0.2, 0) is 0 Å². The third-order valence-corrected chi connectivity index (χ3v) is 4.12. The standard InChI is InChI=1S/C13H25N5O2/c1-14-12(19)15-10-11-4-3-5-18(11)13(20)17-8-6-16(2)7-9-17/h11H,3-10H2,1-2H3,(H2,14,15,19)/t11-/m1/s1. The highest BCUT2D eigenvalue weighted by atomic mass is 16.2. The predicted octanol–water partition coefficient (Wildman–Crippen LogP) is -0.253. The number of likely N-dealkylation sites (tertiary alicyclic amines) is 1. The fraction of sp³-hybridized carbons (Fsp3) is 0.846. The van der Waals surface area contributed by atoms with Crippen molar-refractivity contribution < 1.29 is 9.59 Å². The van der Waals surface area contributed by atoms with Gasteiger partial charge in [0, 0.05) is 46.3 Å². The highest BCUT2D eigenvalue weighted by molar-refractivity contribution is 5.76. The molecule has 0 aromatic rings. The Labute approximate surface area is 120 Å². The Morgan fingerprint density at radius 2 is 1.85 bits per heavy atom. The van der Waals surface area contributed by atoms with Crippen LogP contribution < -0.4 is 10.6 Å². The van der Waals surface area contributed by atoms with E-state index in [1.54, 1.807) is 7.05 Å². The monoisotopic (exact) mass is 283 g/mol. The minimum atomic E-state index is -0.191. The van der Waals surface area contributed by atoms with Crippen molar-refractivity contribution in [2.75, 3.05) is 53.4 Å². The zero-order valence-corrected chi connectivity index (χ0v) is 12.4. The largest absolute Gasteiger partial charge is 0.341 e. The number of carbonyl (C=O) groups is 2. The number of likely N-dealkylation sites (N-methyl/N-ethyl adjacent to an activating group) is 1. The molecule has 0 saturated carbocycles. The van der Waals surface area contributed by atoms with E-state index in [-0.39, 0.29) is 18.1 Å². The summed E-state index contributed by atoms with van der Waals surface area (Å²) in [5.41, 5.74) is 0. The fourth-order valence-corrected chi connectivity index (χ4v) is 2.78. The van der Waals surface area contributed by atoms with Crippen molar-refractivity contribution in [3.8, 4) is 0 Å². The molecule has 20 heavy (non-hydrogen) atoms. The molecular formula is C13H25N5O2. The van der Waals surface area contributed by atoms with E-state index >= 15 is 0 Å². The Morgan fingerprint density at radius 1 is 1.15 bits per heavy atom. The maximum absolute atomic E-state index is 12.5. The molecule has 0 radical (unpaired) electrons. The Kier molecular flexibility index (Phi) is 5.05. The van der Waals surface area contributed by atoms with Gasteiger partial charge in [0.2, 0.25) is 0 Å². The number of urea groups is 2. The van der Waals surface area contributed by atoms with Gasteiger partial charge in [0.1, 0.15) is 0 Å². The summed E-state index contributed by atoms with van der Waals surface area (Å²) in [6, 6.07) is 0.0580. The second kappa shape index (κ2) is 6.78. The summed E-state index contributed by atoms with van der Waals surface area (Å²) in [5.74, 6) is 0. The van der Waals surface area contributed by atoms with Crippen molar-refractivity contribution in [2.24, 2.45) is 0 Å². The highest BCUT2D eigenvalue weighted by Gasteiger charge is 2.32. The first-order valence-corrected chi connectivity index (χ1v) is 7.31. The molecule has 2 aliphatic rings. The third-order valence-electron chi connectivity index (χ3n) is 4.12. The second-order valence-corrected chi connectivity index (χ2v) is 5.52. The summed E-state index contributed by atoms with van der Waals surface area (Å²) < 4.78 is 0. The molecule has 0 bridgehead atoms. The number of carbonyl (C=O) groups excluding carboxylic acids is 2. The predicted molar refractivity (Wildman–Crippen MR) is 76.7 cm³/mol. The number of piperazine rings is 1. The molecule has 7 nitrogen and oxygen atoms in total. The smallest absolute Gasteiger partial charge is 0.320 e. The lowest BCUT2D eigenvalue weighted by atomic mass is 10.2. The Morgan fingerprint density at radius 3 is 2.50 bits per heavy atom. The first-order valence-electron chi connectivity index (χ1n) is 7.31. The van der Waals surface area contributed by atoms with Crippen molar-refractivity contribution in [3.05, 3.63) is 0 Å². The van der Waals surface area contributed by atoms with Gasteiger partial charge in [0.25, 0.3) is 0 Å². The van der Waals surface area contributed by atoms with Gasteiger partial charge < -0.3 is 25.3 Å². The molecule has 2 N–H and O–H groups in total. The summed E-state index contributed by atoms with van der Waals surface area (Å²) >= 11 is 0. The molecular weight excluding hydrogens is 258 g/mol. The van der Waals surface area contributed by atoms with Crippen molar-refractivity contribution in [3.63, 3.8) is 0 Å². The van der Waals surface area contributed by atoms with Crippen LogP contribution in [0.1, 0.15) is 12.8 Å². The van der Waals surface area contributed by atoms with E-state index in [0.29, 0.717) is 6.54 Å². The SMILES string of the molecule is CNC(=O)NC[C@H]1CCCN1C(=O)N1CCN(C)CC1. The number of nitrogens with one attached hydrogen (secondary N) is 2. The van der Waals surface area contributed by atoms with E-state index < -0.39 is 0 Å². The fourth-order valence-electron chi connectivity index (χ4n) is 2.78. The molecule has 0 aromatic heterocycles. The first-order chi connectivity index (χ1) is 9.61. The summed E-state index contributed by atoms with van der Waals surface area (Å²) in [6.45, 7) is 4.77. The van der Waals surface area contributed by atoms with Crippen molar-refractivity contribution in [1.82, 2.24) is 25.3 Å². The second-order valence-electron chi connectivity index (χ2n) is 5.52. The molecule has 0 spiro atoms. The molecule has 2 heterocycles. The molecule has 114 valence electrons. The summed E-state index contributed by atoms with van der Waals surface area (Å²) in [5, 5.41) is 5.33. The number of rotatable bonds is 2. The topological polar surface area (TPSA) is 67.9 Å². The molecule has 2 aliphatic heterocycles. The molecule has 0 aliphatic carbocycles. The lowest BCUT2D eigenvalue weighted by Crippen LogP contribution is -2.54. The van der Waals surface area contributed by atoms with Crippen LogP contribution in [0.15, 0.2) is 0 Å². The minimum Gasteiger partial charge on any atom is -0.341 e. The summed E-state index contributed by atoms with van der Waals surface area (Å²) in [6.07, 6.45) is 1.98. The van der Waals surface area contributed by atoms with Crippen LogP contribution in [0, 0.1) is 0 Å². The van der Waals surface area contributed by atoms with E-state index in [4.69, 9.17) is 0 Å². The molecule has 2 fully saturated rings.